The number of aromatic nitrogens is 4. The Bertz CT molecular complexity index is 1460. The highest BCUT2D eigenvalue weighted by Gasteiger charge is 2.17. The van der Waals surface area contributed by atoms with Gasteiger partial charge in [-0.15, -0.1) is 0 Å². The van der Waals surface area contributed by atoms with Crippen LogP contribution in [0.4, 0.5) is 14.6 Å². The molecule has 0 spiro atoms. The van der Waals surface area contributed by atoms with Crippen LogP contribution in [0.2, 0.25) is 0 Å². The maximum Gasteiger partial charge on any atom is 0.153 e. The summed E-state index contributed by atoms with van der Waals surface area (Å²) in [5.74, 6) is -0.698. The van der Waals surface area contributed by atoms with Gasteiger partial charge in [0.05, 0.1) is 5.52 Å². The highest BCUT2D eigenvalue weighted by atomic mass is 19.1. The molecule has 0 radical (unpaired) electrons. The van der Waals surface area contributed by atoms with E-state index >= 15 is 0 Å². The molecule has 3 heterocycles. The van der Waals surface area contributed by atoms with Crippen LogP contribution in [-0.2, 0) is 6.54 Å². The van der Waals surface area contributed by atoms with Gasteiger partial charge >= 0.3 is 0 Å². The second-order valence-corrected chi connectivity index (χ2v) is 8.60. The third-order valence-corrected chi connectivity index (χ3v) is 6.18. The number of hydrogen-bond donors (Lipinski definition) is 3. The van der Waals surface area contributed by atoms with Crippen LogP contribution in [0.5, 0.6) is 0 Å². The summed E-state index contributed by atoms with van der Waals surface area (Å²) in [6.45, 7) is 4.17. The lowest BCUT2D eigenvalue weighted by molar-refractivity contribution is 0.258. The number of rotatable bonds is 5. The molecule has 33 heavy (non-hydrogen) atoms. The van der Waals surface area contributed by atoms with Crippen molar-refractivity contribution in [2.75, 3.05) is 12.8 Å². The molecule has 0 atom stereocenters. The number of nitrogens with zero attached hydrogens (tertiary/aromatic N) is 3. The van der Waals surface area contributed by atoms with Gasteiger partial charge in [-0.3, -0.25) is 10.00 Å². The number of anilines is 1. The molecule has 8 heteroatoms. The molecule has 0 aliphatic heterocycles. The fourth-order valence-electron chi connectivity index (χ4n) is 3.98. The number of halogens is 2. The molecule has 5 rings (SSSR count). The summed E-state index contributed by atoms with van der Waals surface area (Å²) in [7, 11) is 1.84. The Labute approximate surface area is 189 Å². The Hall–Kier alpha value is -3.78. The third kappa shape index (κ3) is 3.72. The maximum absolute atomic E-state index is 14.9. The highest BCUT2D eigenvalue weighted by molar-refractivity contribution is 5.99. The van der Waals surface area contributed by atoms with E-state index in [9.17, 15) is 8.78 Å². The van der Waals surface area contributed by atoms with E-state index in [1.807, 2.05) is 56.1 Å². The standard InChI is InChI=1S/C25H24F2N6/c1-13(2)33(3)12-19-20(26)9-15(10-21(19)27)23-11-17-16(6-7-29-25(17)30-23)14-4-5-22-18(8-14)24(28)32-31-22/h4-11,13H,12H2,1-3H3,(H,29,30)(H3,28,31,32). The molecule has 0 amide bonds. The van der Waals surface area contributed by atoms with Crippen LogP contribution < -0.4 is 5.73 Å². The second-order valence-electron chi connectivity index (χ2n) is 8.60. The maximum atomic E-state index is 14.9. The zero-order valence-corrected chi connectivity index (χ0v) is 18.6. The van der Waals surface area contributed by atoms with E-state index in [1.54, 1.807) is 6.20 Å². The minimum absolute atomic E-state index is 0.0656. The van der Waals surface area contributed by atoms with E-state index in [0.29, 0.717) is 22.7 Å². The number of aromatic amines is 2. The van der Waals surface area contributed by atoms with E-state index in [1.165, 1.54) is 12.1 Å². The van der Waals surface area contributed by atoms with Crippen molar-refractivity contribution in [2.45, 2.75) is 26.4 Å². The Morgan fingerprint density at radius 3 is 2.48 bits per heavy atom. The fourth-order valence-corrected chi connectivity index (χ4v) is 3.98. The van der Waals surface area contributed by atoms with Crippen LogP contribution >= 0.6 is 0 Å². The lowest BCUT2D eigenvalue weighted by Gasteiger charge is -2.21. The monoisotopic (exact) mass is 446 g/mol. The van der Waals surface area contributed by atoms with Gasteiger partial charge in [-0.1, -0.05) is 6.07 Å². The topological polar surface area (TPSA) is 86.6 Å². The molecule has 0 bridgehead atoms. The minimum atomic E-state index is -0.565. The van der Waals surface area contributed by atoms with Gasteiger partial charge in [0.1, 0.15) is 17.3 Å². The zero-order valence-electron chi connectivity index (χ0n) is 18.6. The molecular formula is C25H24F2N6. The summed E-state index contributed by atoms with van der Waals surface area (Å²) >= 11 is 0. The first kappa shape index (κ1) is 21.1. The van der Waals surface area contributed by atoms with E-state index in [2.05, 4.69) is 20.2 Å². The van der Waals surface area contributed by atoms with Gasteiger partial charge in [-0.2, -0.15) is 5.10 Å². The Kier molecular flexibility index (Phi) is 5.09. The molecule has 3 aromatic heterocycles. The summed E-state index contributed by atoms with van der Waals surface area (Å²) < 4.78 is 29.7. The van der Waals surface area contributed by atoms with Crippen molar-refractivity contribution < 1.29 is 8.78 Å². The van der Waals surface area contributed by atoms with Crippen LogP contribution in [0.3, 0.4) is 0 Å². The van der Waals surface area contributed by atoms with Crippen LogP contribution in [-0.4, -0.2) is 38.2 Å². The van der Waals surface area contributed by atoms with Crippen LogP contribution in [0, 0.1) is 11.6 Å². The molecular weight excluding hydrogens is 422 g/mol. The minimum Gasteiger partial charge on any atom is -0.382 e. The first-order valence-electron chi connectivity index (χ1n) is 10.7. The van der Waals surface area contributed by atoms with Crippen molar-refractivity contribution in [3.63, 3.8) is 0 Å². The first-order chi connectivity index (χ1) is 15.8. The Balaban J connectivity index is 1.57. The Morgan fingerprint density at radius 1 is 1.00 bits per heavy atom. The summed E-state index contributed by atoms with van der Waals surface area (Å²) in [5, 5.41) is 8.62. The summed E-state index contributed by atoms with van der Waals surface area (Å²) in [6, 6.07) is 12.6. The molecule has 2 aromatic carbocycles. The average molecular weight is 447 g/mol. The van der Waals surface area contributed by atoms with Crippen molar-refractivity contribution in [2.24, 2.45) is 0 Å². The van der Waals surface area contributed by atoms with E-state index in [4.69, 9.17) is 5.73 Å². The molecule has 168 valence electrons. The predicted molar refractivity (Wildman–Crippen MR) is 128 cm³/mol. The number of benzene rings is 2. The molecule has 0 fully saturated rings. The number of fused-ring (bicyclic) bond motifs is 2. The summed E-state index contributed by atoms with van der Waals surface area (Å²) in [6.07, 6.45) is 1.70. The second kappa shape index (κ2) is 7.97. The average Bonchev–Trinajstić information content (AvgIpc) is 3.39. The van der Waals surface area contributed by atoms with Crippen molar-refractivity contribution in [3.8, 4) is 22.4 Å². The molecule has 0 saturated carbocycles. The lowest BCUT2D eigenvalue weighted by Crippen LogP contribution is -2.26. The Morgan fingerprint density at radius 2 is 1.76 bits per heavy atom. The van der Waals surface area contributed by atoms with Crippen LogP contribution in [0.25, 0.3) is 44.3 Å². The van der Waals surface area contributed by atoms with Crippen molar-refractivity contribution in [1.29, 1.82) is 0 Å². The molecule has 0 aliphatic rings. The number of H-pyrrole nitrogens is 2. The predicted octanol–water partition coefficient (Wildman–Crippen LogP) is 5.47. The SMILES string of the molecule is CC(C)N(C)Cc1c(F)cc(-c2cc3c(-c4ccc5[nH]nc(N)c5c4)ccnc3[nH]2)cc1F. The van der Waals surface area contributed by atoms with Gasteiger partial charge in [0.25, 0.3) is 0 Å². The van der Waals surface area contributed by atoms with E-state index < -0.39 is 11.6 Å². The largest absolute Gasteiger partial charge is 0.382 e. The highest BCUT2D eigenvalue weighted by Crippen LogP contribution is 2.34. The van der Waals surface area contributed by atoms with Gasteiger partial charge in [0.15, 0.2) is 5.82 Å². The zero-order chi connectivity index (χ0) is 23.3. The number of nitrogens with two attached hydrogens (primary N) is 1. The number of pyridine rings is 1. The van der Waals surface area contributed by atoms with Gasteiger partial charge in [0.2, 0.25) is 0 Å². The van der Waals surface area contributed by atoms with Gasteiger partial charge < -0.3 is 10.7 Å². The molecule has 6 nitrogen and oxygen atoms in total. The lowest BCUT2D eigenvalue weighted by atomic mass is 10.0. The van der Waals surface area contributed by atoms with Crippen LogP contribution in [0.15, 0.2) is 48.7 Å². The van der Waals surface area contributed by atoms with Gasteiger partial charge in [-0.25, -0.2) is 13.8 Å². The molecule has 0 unspecified atom stereocenters. The van der Waals surface area contributed by atoms with Crippen molar-refractivity contribution in [1.82, 2.24) is 25.1 Å². The normalized spacial score (nSPS) is 12.0. The smallest absolute Gasteiger partial charge is 0.153 e. The molecule has 5 aromatic rings. The van der Waals surface area contributed by atoms with Gasteiger partial charge in [-0.05, 0) is 68.4 Å². The number of nitrogen functional groups attached to an aromatic ring is 1. The molecule has 0 saturated heterocycles. The molecule has 0 aliphatic carbocycles. The summed E-state index contributed by atoms with van der Waals surface area (Å²) in [4.78, 5) is 9.50. The van der Waals surface area contributed by atoms with Crippen molar-refractivity contribution in [3.05, 3.63) is 65.9 Å². The van der Waals surface area contributed by atoms with Crippen LogP contribution in [0.1, 0.15) is 19.4 Å². The molecule has 4 N–H and O–H groups in total. The van der Waals surface area contributed by atoms with Crippen molar-refractivity contribution >= 4 is 27.8 Å². The first-order valence-corrected chi connectivity index (χ1v) is 10.7. The summed E-state index contributed by atoms with van der Waals surface area (Å²) in [5.41, 5.74) is 10.4. The number of hydrogen-bond acceptors (Lipinski definition) is 4. The van der Waals surface area contributed by atoms with E-state index in [-0.39, 0.29) is 18.2 Å². The third-order valence-electron chi connectivity index (χ3n) is 6.18. The number of nitrogens with one attached hydrogen (secondary N) is 2. The quantitative estimate of drug-likeness (QED) is 0.334. The fraction of sp³-hybridized carbons (Fsp3) is 0.200. The van der Waals surface area contributed by atoms with Gasteiger partial charge in [0, 0.05) is 46.4 Å². The van der Waals surface area contributed by atoms with E-state index in [0.717, 1.165) is 27.4 Å².